The number of phenols is 1. The number of nitro benzene ring substituents is 1. The minimum absolute atomic E-state index is 0. The molecule has 3 rings (SSSR count). The van der Waals surface area contributed by atoms with Crippen molar-refractivity contribution in [3.63, 3.8) is 0 Å². The average molecular weight is 499 g/mol. The van der Waals surface area contributed by atoms with Crippen molar-refractivity contribution in [1.82, 2.24) is 0 Å². The zero-order valence-corrected chi connectivity index (χ0v) is 22.2. The fraction of sp³-hybridized carbons (Fsp3) is 0. The van der Waals surface area contributed by atoms with Gasteiger partial charge in [0.25, 0.3) is 25.9 Å². The Labute approximate surface area is 225 Å². The Hall–Kier alpha value is -1.46. The van der Waals surface area contributed by atoms with Gasteiger partial charge in [-0.3, -0.25) is 19.2 Å². The molecule has 0 saturated carbocycles. The number of aromatic hydroxyl groups is 1. The Balaban J connectivity index is 0.00000256. The number of hydrogen-bond donors (Lipinski definition) is 3. The van der Waals surface area contributed by atoms with Crippen LogP contribution in [0.3, 0.4) is 0 Å². The molecule has 3 aromatic carbocycles. The van der Waals surface area contributed by atoms with Gasteiger partial charge in [-0.15, -0.1) is 5.11 Å². The summed E-state index contributed by atoms with van der Waals surface area (Å²) in [4.78, 5) is 8.55. The second-order valence-corrected chi connectivity index (χ2v) is 8.69. The summed E-state index contributed by atoms with van der Waals surface area (Å²) >= 11 is 0. The Morgan fingerprint density at radius 3 is 1.94 bits per heavy atom. The molecule has 0 aliphatic heterocycles. The molecule has 0 saturated heterocycles. The molecule has 0 amide bonds. The molecule has 0 aromatic heterocycles. The first-order valence-electron chi connectivity index (χ1n) is 7.79. The van der Waals surface area contributed by atoms with E-state index in [2.05, 4.69) is 10.2 Å². The molecule has 0 fully saturated rings. The molecule has 0 bridgehead atoms. The van der Waals surface area contributed by atoms with Crippen LogP contribution in [0.5, 0.6) is 5.75 Å². The van der Waals surface area contributed by atoms with Gasteiger partial charge in [0.05, 0.1) is 15.5 Å². The van der Waals surface area contributed by atoms with E-state index in [1.807, 2.05) is 0 Å². The number of fused-ring (bicyclic) bond motifs is 1. The number of non-ortho nitro benzene ring substituents is 1. The Morgan fingerprint density at radius 2 is 1.44 bits per heavy atom. The molecule has 158 valence electrons. The second-order valence-electron chi connectivity index (χ2n) is 5.88. The van der Waals surface area contributed by atoms with Crippen molar-refractivity contribution in [2.45, 2.75) is 9.79 Å². The molecule has 3 aromatic rings. The number of phenolic OH excluding ortho intramolecular Hbond substituents is 1. The van der Waals surface area contributed by atoms with E-state index in [1.165, 1.54) is 12.1 Å². The van der Waals surface area contributed by atoms with E-state index in [0.29, 0.717) is 0 Å². The predicted molar refractivity (Wildman–Crippen MR) is 114 cm³/mol. The Kier molecular flexibility index (Phi) is 9.51. The molecule has 12 nitrogen and oxygen atoms in total. The quantitative estimate of drug-likeness (QED) is 0.155. The maximum absolute atomic E-state index is 11.6. The third-order valence-corrected chi connectivity index (χ3v) is 5.64. The van der Waals surface area contributed by atoms with Crippen LogP contribution in [-0.2, 0) is 20.2 Å². The van der Waals surface area contributed by atoms with Crippen molar-refractivity contribution in [3.05, 3.63) is 58.6 Å². The molecule has 32 heavy (non-hydrogen) atoms. The van der Waals surface area contributed by atoms with Crippen LogP contribution in [0.1, 0.15) is 0 Å². The molecular formula is C16H11N3Na2O9S2. The number of nitro groups is 1. The fourth-order valence-corrected chi connectivity index (χ4v) is 3.67. The fourth-order valence-electron chi connectivity index (χ4n) is 2.54. The van der Waals surface area contributed by atoms with Gasteiger partial charge in [0.2, 0.25) is 0 Å². The first-order chi connectivity index (χ1) is 13.9. The summed E-state index contributed by atoms with van der Waals surface area (Å²) in [5, 5.41) is 28.5. The van der Waals surface area contributed by atoms with Crippen molar-refractivity contribution >= 4 is 107 Å². The number of azo groups is 1. The van der Waals surface area contributed by atoms with Gasteiger partial charge in [-0.2, -0.15) is 21.9 Å². The maximum atomic E-state index is 11.6. The monoisotopic (exact) mass is 499 g/mol. The molecule has 3 N–H and O–H groups in total. The van der Waals surface area contributed by atoms with E-state index < -0.39 is 46.4 Å². The molecule has 16 heteroatoms. The molecule has 2 radical (unpaired) electrons. The topological polar surface area (TPSA) is 197 Å². The van der Waals surface area contributed by atoms with Gasteiger partial charge >= 0.3 is 0 Å². The third kappa shape index (κ3) is 6.32. The van der Waals surface area contributed by atoms with E-state index in [4.69, 9.17) is 0 Å². The summed E-state index contributed by atoms with van der Waals surface area (Å²) < 4.78 is 64.4. The van der Waals surface area contributed by atoms with Crippen molar-refractivity contribution < 1.29 is 36.0 Å². The molecule has 0 aliphatic carbocycles. The minimum atomic E-state index is -4.93. The predicted octanol–water partition coefficient (Wildman–Crippen LogP) is 2.60. The normalized spacial score (nSPS) is 11.7. The van der Waals surface area contributed by atoms with Crippen molar-refractivity contribution in [1.29, 1.82) is 0 Å². The van der Waals surface area contributed by atoms with E-state index >= 15 is 0 Å². The summed E-state index contributed by atoms with van der Waals surface area (Å²) in [6.07, 6.45) is 0. The molecule has 0 unspecified atom stereocenters. The van der Waals surface area contributed by atoms with Crippen LogP contribution in [0.2, 0.25) is 0 Å². The smallest absolute Gasteiger partial charge is 0.298 e. The van der Waals surface area contributed by atoms with E-state index in [9.17, 15) is 41.2 Å². The number of rotatable bonds is 5. The van der Waals surface area contributed by atoms with Crippen LogP contribution in [0.25, 0.3) is 10.8 Å². The van der Waals surface area contributed by atoms with E-state index in [-0.39, 0.29) is 81.3 Å². The number of hydrogen-bond acceptors (Lipinski definition) is 9. The molecular weight excluding hydrogens is 488 g/mol. The summed E-state index contributed by atoms with van der Waals surface area (Å²) in [7, 11) is -9.55. The van der Waals surface area contributed by atoms with Crippen molar-refractivity contribution in [2.24, 2.45) is 10.2 Å². The molecule has 0 heterocycles. The number of benzene rings is 3. The minimum Gasteiger partial charge on any atom is -0.504 e. The zero-order valence-electron chi connectivity index (χ0n) is 16.6. The maximum Gasteiger partial charge on any atom is 0.298 e. The number of nitrogens with zero attached hydrogens (tertiary/aromatic N) is 3. The second kappa shape index (κ2) is 10.6. The van der Waals surface area contributed by atoms with Crippen LogP contribution in [0, 0.1) is 10.1 Å². The van der Waals surface area contributed by atoms with Crippen LogP contribution in [-0.4, -0.2) is 95.1 Å². The summed E-state index contributed by atoms with van der Waals surface area (Å²) in [6, 6.07) is 8.68. The average Bonchev–Trinajstić information content (AvgIpc) is 2.65. The van der Waals surface area contributed by atoms with Crippen molar-refractivity contribution in [3.8, 4) is 5.75 Å². The van der Waals surface area contributed by atoms with E-state index in [1.54, 1.807) is 0 Å². The van der Waals surface area contributed by atoms with Crippen LogP contribution in [0.4, 0.5) is 17.1 Å². The molecule has 0 aliphatic rings. The van der Waals surface area contributed by atoms with Gasteiger partial charge in [-0.1, -0.05) is 6.07 Å². The summed E-state index contributed by atoms with van der Waals surface area (Å²) in [5.41, 5.74) is -0.492. The van der Waals surface area contributed by atoms with Gasteiger partial charge in [-0.05, 0) is 35.7 Å². The standard InChI is InChI=1S/C16H11N3O9S2.2Na/c20-16-14(30(26,27)28)8-9-7-12(29(23,24)25)5-6-13(9)15(16)18-17-10-1-3-11(4-2-10)19(21)22;;/h1-8,20H,(H,23,24,25)(H,26,27,28);;. The van der Waals surface area contributed by atoms with Crippen molar-refractivity contribution in [2.75, 3.05) is 0 Å². The zero-order chi connectivity index (χ0) is 22.3. The Bertz CT molecular complexity index is 1430. The van der Waals surface area contributed by atoms with Gasteiger partial charge in [0, 0.05) is 76.6 Å². The van der Waals surface area contributed by atoms with Gasteiger partial charge in [0.15, 0.2) is 5.75 Å². The first-order valence-corrected chi connectivity index (χ1v) is 10.7. The molecule has 0 atom stereocenters. The van der Waals surface area contributed by atoms with Gasteiger partial charge in [-0.25, -0.2) is 0 Å². The summed E-state index contributed by atoms with van der Waals surface area (Å²) in [5.74, 6) is -0.949. The third-order valence-electron chi connectivity index (χ3n) is 3.92. The van der Waals surface area contributed by atoms with Crippen LogP contribution < -0.4 is 0 Å². The van der Waals surface area contributed by atoms with Gasteiger partial charge in [0.1, 0.15) is 10.6 Å². The summed E-state index contributed by atoms with van der Waals surface area (Å²) in [6.45, 7) is 0. The first kappa shape index (κ1) is 28.6. The molecule has 0 spiro atoms. The SMILES string of the molecule is O=[N+]([O-])c1ccc(N=Nc2c(O)c(S(=O)(=O)O)cc3cc(S(=O)(=O)O)ccc23)cc1.[Na].[Na]. The van der Waals surface area contributed by atoms with E-state index in [0.717, 1.165) is 36.4 Å². The van der Waals surface area contributed by atoms with Crippen LogP contribution >= 0.6 is 0 Å². The van der Waals surface area contributed by atoms with Crippen LogP contribution in [0.15, 0.2) is 68.6 Å². The Morgan fingerprint density at radius 1 is 0.844 bits per heavy atom. The van der Waals surface area contributed by atoms with Gasteiger partial charge < -0.3 is 5.11 Å². The largest absolute Gasteiger partial charge is 0.504 e.